The van der Waals surface area contributed by atoms with Gasteiger partial charge in [0, 0.05) is 29.8 Å². The van der Waals surface area contributed by atoms with Crippen LogP contribution in [0.5, 0.6) is 0 Å². The van der Waals surface area contributed by atoms with Crippen LogP contribution in [-0.4, -0.2) is 11.5 Å². The Labute approximate surface area is 134 Å². The van der Waals surface area contributed by atoms with Crippen LogP contribution in [0.15, 0.2) is 48.5 Å². The molecule has 0 aromatic heterocycles. The Hall–Kier alpha value is -2.40. The van der Waals surface area contributed by atoms with Crippen LogP contribution >= 0.6 is 0 Å². The van der Waals surface area contributed by atoms with Gasteiger partial charge in [-0.1, -0.05) is 36.4 Å². The van der Waals surface area contributed by atoms with E-state index in [4.69, 9.17) is 4.74 Å². The van der Waals surface area contributed by atoms with Crippen LogP contribution in [0.25, 0.3) is 0 Å². The van der Waals surface area contributed by atoms with E-state index in [0.717, 1.165) is 36.3 Å². The van der Waals surface area contributed by atoms with Crippen LogP contribution in [0.4, 0.5) is 11.4 Å². The molecule has 2 aliphatic heterocycles. The molecule has 1 N–H and O–H groups in total. The van der Waals surface area contributed by atoms with Gasteiger partial charge in [0.2, 0.25) is 0 Å². The smallest absolute Gasteiger partial charge is 0.274 e. The zero-order valence-electron chi connectivity index (χ0n) is 12.6. The Morgan fingerprint density at radius 1 is 1.09 bits per heavy atom. The summed E-state index contributed by atoms with van der Waals surface area (Å²) >= 11 is 0. The number of nitro groups is 1. The molecule has 0 amide bonds. The summed E-state index contributed by atoms with van der Waals surface area (Å²) in [5.41, 5.74) is 3.09. The summed E-state index contributed by atoms with van der Waals surface area (Å²) < 4.78 is 6.05. The first-order valence-corrected chi connectivity index (χ1v) is 7.96. The zero-order chi connectivity index (χ0) is 15.8. The van der Waals surface area contributed by atoms with Crippen LogP contribution < -0.4 is 5.32 Å². The molecule has 2 aromatic rings. The molecule has 5 nitrogen and oxygen atoms in total. The highest BCUT2D eigenvalue weighted by molar-refractivity contribution is 5.58. The van der Waals surface area contributed by atoms with Crippen molar-refractivity contribution in [2.45, 2.75) is 25.0 Å². The maximum atomic E-state index is 11.4. The van der Waals surface area contributed by atoms with Crippen LogP contribution in [0.3, 0.4) is 0 Å². The highest BCUT2D eigenvalue weighted by Crippen LogP contribution is 2.50. The summed E-state index contributed by atoms with van der Waals surface area (Å²) in [5.74, 6) is 0.208. The second-order valence-corrected chi connectivity index (χ2v) is 6.12. The third kappa shape index (κ3) is 2.37. The van der Waals surface area contributed by atoms with Gasteiger partial charge in [-0.05, 0) is 18.9 Å². The lowest BCUT2D eigenvalue weighted by Crippen LogP contribution is -2.36. The van der Waals surface area contributed by atoms with Gasteiger partial charge in [0.1, 0.15) is 0 Å². The standard InChI is InChI=1S/C18H18N2O3/c21-20(22)16-10-4-2-7-13(16)17-14-8-5-11-23-18(14)12-6-1-3-9-15(12)19-17/h1-4,6-7,9-10,14,17-19H,5,8,11H2/t14-,17+,18+/m1/s1. The number of rotatable bonds is 2. The summed E-state index contributed by atoms with van der Waals surface area (Å²) in [7, 11) is 0. The van der Waals surface area contributed by atoms with Crippen molar-refractivity contribution in [1.82, 2.24) is 0 Å². The number of nitro benzene ring substituents is 1. The summed E-state index contributed by atoms with van der Waals surface area (Å²) in [5, 5.41) is 14.9. The SMILES string of the molecule is O=[N+]([O-])c1ccccc1[C@@H]1Nc2ccccc2[C@@H]2OCCC[C@H]12. The Bertz CT molecular complexity index is 747. The lowest BCUT2D eigenvalue weighted by molar-refractivity contribution is -0.385. The monoisotopic (exact) mass is 310 g/mol. The Morgan fingerprint density at radius 3 is 2.65 bits per heavy atom. The molecule has 0 spiro atoms. The topological polar surface area (TPSA) is 64.4 Å². The maximum absolute atomic E-state index is 11.4. The molecule has 0 unspecified atom stereocenters. The van der Waals surface area contributed by atoms with Crippen LogP contribution in [0.1, 0.15) is 36.1 Å². The van der Waals surface area contributed by atoms with Crippen LogP contribution in [0.2, 0.25) is 0 Å². The zero-order valence-corrected chi connectivity index (χ0v) is 12.6. The molecule has 2 aromatic carbocycles. The maximum Gasteiger partial charge on any atom is 0.274 e. The molecular formula is C18H18N2O3. The van der Waals surface area contributed by atoms with E-state index in [1.807, 2.05) is 30.3 Å². The number of hydrogen-bond acceptors (Lipinski definition) is 4. The van der Waals surface area contributed by atoms with Gasteiger partial charge in [0.15, 0.2) is 0 Å². The lowest BCUT2D eigenvalue weighted by Gasteiger charge is -2.43. The predicted octanol–water partition coefficient (Wildman–Crippen LogP) is 4.23. The number of para-hydroxylation sites is 2. The van der Waals surface area contributed by atoms with Crippen molar-refractivity contribution in [3.63, 3.8) is 0 Å². The quantitative estimate of drug-likeness (QED) is 0.666. The van der Waals surface area contributed by atoms with Gasteiger partial charge >= 0.3 is 0 Å². The fourth-order valence-corrected chi connectivity index (χ4v) is 3.84. The molecule has 3 atom stereocenters. The van der Waals surface area contributed by atoms with Crippen molar-refractivity contribution in [2.24, 2.45) is 5.92 Å². The average molecular weight is 310 g/mol. The Balaban J connectivity index is 1.82. The van der Waals surface area contributed by atoms with Crippen LogP contribution in [0, 0.1) is 16.0 Å². The minimum atomic E-state index is -0.295. The molecule has 0 aliphatic carbocycles. The Morgan fingerprint density at radius 2 is 1.83 bits per heavy atom. The summed E-state index contributed by atoms with van der Waals surface area (Å²) in [4.78, 5) is 11.1. The summed E-state index contributed by atoms with van der Waals surface area (Å²) in [6, 6.07) is 15.0. The van der Waals surface area contributed by atoms with Gasteiger partial charge in [0.25, 0.3) is 5.69 Å². The van der Waals surface area contributed by atoms with E-state index in [1.54, 1.807) is 12.1 Å². The number of benzene rings is 2. The lowest BCUT2D eigenvalue weighted by atomic mass is 9.77. The molecule has 4 rings (SSSR count). The largest absolute Gasteiger partial charge is 0.377 e. The molecule has 1 saturated heterocycles. The minimum absolute atomic E-state index is 0.00557. The van der Waals surface area contributed by atoms with Crippen LogP contribution in [-0.2, 0) is 4.74 Å². The Kier molecular flexibility index (Phi) is 3.50. The summed E-state index contributed by atoms with van der Waals surface area (Å²) in [6.07, 6.45) is 2.00. The third-order valence-corrected chi connectivity index (χ3v) is 4.84. The third-order valence-electron chi connectivity index (χ3n) is 4.84. The van der Waals surface area contributed by atoms with E-state index >= 15 is 0 Å². The highest BCUT2D eigenvalue weighted by Gasteiger charge is 2.41. The molecule has 2 heterocycles. The van der Waals surface area contributed by atoms with Gasteiger partial charge in [-0.2, -0.15) is 0 Å². The number of fused-ring (bicyclic) bond motifs is 3. The second-order valence-electron chi connectivity index (χ2n) is 6.12. The number of nitrogens with zero attached hydrogens (tertiary/aromatic N) is 1. The van der Waals surface area contributed by atoms with Gasteiger partial charge < -0.3 is 10.1 Å². The van der Waals surface area contributed by atoms with Crippen molar-refractivity contribution in [3.8, 4) is 0 Å². The van der Waals surface area contributed by atoms with Crippen molar-refractivity contribution >= 4 is 11.4 Å². The second kappa shape index (κ2) is 5.66. The van der Waals surface area contributed by atoms with Gasteiger partial charge in [-0.25, -0.2) is 0 Å². The first-order chi connectivity index (χ1) is 11.3. The first kappa shape index (κ1) is 14.2. The normalized spacial score (nSPS) is 25.8. The number of hydrogen-bond donors (Lipinski definition) is 1. The van der Waals surface area contributed by atoms with Crippen molar-refractivity contribution in [3.05, 3.63) is 69.8 Å². The van der Waals surface area contributed by atoms with E-state index in [2.05, 4.69) is 11.4 Å². The molecule has 1 fully saturated rings. The fourth-order valence-electron chi connectivity index (χ4n) is 3.84. The molecule has 118 valence electrons. The predicted molar refractivity (Wildman–Crippen MR) is 87.3 cm³/mol. The number of ether oxygens (including phenoxy) is 1. The van der Waals surface area contributed by atoms with Gasteiger partial charge in [-0.3, -0.25) is 10.1 Å². The van der Waals surface area contributed by atoms with E-state index < -0.39 is 0 Å². The average Bonchev–Trinajstić information content (AvgIpc) is 2.61. The number of anilines is 1. The number of nitrogens with one attached hydrogen (secondary N) is 1. The molecule has 0 saturated carbocycles. The van der Waals surface area contributed by atoms with Gasteiger partial charge in [-0.15, -0.1) is 0 Å². The minimum Gasteiger partial charge on any atom is -0.377 e. The molecule has 0 radical (unpaired) electrons. The molecule has 0 bridgehead atoms. The van der Waals surface area contributed by atoms with E-state index in [0.29, 0.717) is 0 Å². The molecule has 5 heteroatoms. The van der Waals surface area contributed by atoms with E-state index in [1.165, 1.54) is 0 Å². The summed E-state index contributed by atoms with van der Waals surface area (Å²) in [6.45, 7) is 0.749. The molecular weight excluding hydrogens is 292 g/mol. The first-order valence-electron chi connectivity index (χ1n) is 7.96. The molecule has 23 heavy (non-hydrogen) atoms. The van der Waals surface area contributed by atoms with Crippen molar-refractivity contribution < 1.29 is 9.66 Å². The van der Waals surface area contributed by atoms with Gasteiger partial charge in [0.05, 0.1) is 22.6 Å². The molecule has 2 aliphatic rings. The van der Waals surface area contributed by atoms with Crippen molar-refractivity contribution in [2.75, 3.05) is 11.9 Å². The van der Waals surface area contributed by atoms with E-state index in [-0.39, 0.29) is 28.7 Å². The highest BCUT2D eigenvalue weighted by atomic mass is 16.6. The van der Waals surface area contributed by atoms with E-state index in [9.17, 15) is 10.1 Å². The fraction of sp³-hybridized carbons (Fsp3) is 0.333. The van der Waals surface area contributed by atoms with Crippen molar-refractivity contribution in [1.29, 1.82) is 0 Å².